The lowest BCUT2D eigenvalue weighted by Crippen LogP contribution is -2.03. The standard InChI is InChI=1S/C20H16N4O/c21-18-19(22-13-23-20(18)25-15-9-2-1-3-10-15)24-17-12-6-8-14-7-4-5-11-16(14)17/h1-13H,21H2,(H,22,23,24). The first kappa shape index (κ1) is 15.0. The number of para-hydroxylation sites is 1. The van der Waals surface area contributed by atoms with Gasteiger partial charge >= 0.3 is 0 Å². The second kappa shape index (κ2) is 6.49. The molecule has 0 radical (unpaired) electrons. The van der Waals surface area contributed by atoms with E-state index < -0.39 is 0 Å². The average molecular weight is 328 g/mol. The van der Waals surface area contributed by atoms with Crippen molar-refractivity contribution in [1.82, 2.24) is 9.97 Å². The fraction of sp³-hybridized carbons (Fsp3) is 0. The van der Waals surface area contributed by atoms with Crippen molar-refractivity contribution in [2.24, 2.45) is 0 Å². The van der Waals surface area contributed by atoms with E-state index in [0.29, 0.717) is 23.1 Å². The largest absolute Gasteiger partial charge is 0.437 e. The van der Waals surface area contributed by atoms with Crippen molar-refractivity contribution in [1.29, 1.82) is 0 Å². The molecule has 0 aliphatic heterocycles. The molecule has 3 N–H and O–H groups in total. The van der Waals surface area contributed by atoms with Gasteiger partial charge in [0, 0.05) is 11.1 Å². The summed E-state index contributed by atoms with van der Waals surface area (Å²) in [6.45, 7) is 0. The van der Waals surface area contributed by atoms with Crippen molar-refractivity contribution < 1.29 is 4.74 Å². The first-order valence-electron chi connectivity index (χ1n) is 7.89. The second-order valence-electron chi connectivity index (χ2n) is 5.51. The van der Waals surface area contributed by atoms with Gasteiger partial charge < -0.3 is 15.8 Å². The molecule has 0 saturated carbocycles. The molecule has 0 spiro atoms. The lowest BCUT2D eigenvalue weighted by molar-refractivity contribution is 0.464. The molecule has 0 amide bonds. The molecule has 5 heteroatoms. The predicted molar refractivity (Wildman–Crippen MR) is 100 cm³/mol. The molecule has 0 aliphatic rings. The summed E-state index contributed by atoms with van der Waals surface area (Å²) in [7, 11) is 0. The first-order valence-corrected chi connectivity index (χ1v) is 7.89. The number of nitrogens with zero attached hydrogens (tertiary/aromatic N) is 2. The highest BCUT2D eigenvalue weighted by atomic mass is 16.5. The Morgan fingerprint density at radius 1 is 0.800 bits per heavy atom. The zero-order chi connectivity index (χ0) is 17.1. The van der Waals surface area contributed by atoms with Gasteiger partial charge in [0.25, 0.3) is 0 Å². The van der Waals surface area contributed by atoms with E-state index in [1.807, 2.05) is 54.6 Å². The van der Waals surface area contributed by atoms with E-state index in [1.54, 1.807) is 0 Å². The Bertz CT molecular complexity index is 1010. The molecule has 0 aliphatic carbocycles. The number of anilines is 3. The maximum atomic E-state index is 6.21. The van der Waals surface area contributed by atoms with E-state index in [-0.39, 0.29) is 0 Å². The van der Waals surface area contributed by atoms with Crippen LogP contribution < -0.4 is 15.8 Å². The molecule has 122 valence electrons. The van der Waals surface area contributed by atoms with Crippen LogP contribution >= 0.6 is 0 Å². The average Bonchev–Trinajstić information content (AvgIpc) is 2.66. The fourth-order valence-electron chi connectivity index (χ4n) is 2.62. The highest BCUT2D eigenvalue weighted by Crippen LogP contribution is 2.32. The summed E-state index contributed by atoms with van der Waals surface area (Å²) in [5, 5.41) is 5.52. The lowest BCUT2D eigenvalue weighted by atomic mass is 10.1. The third-order valence-electron chi connectivity index (χ3n) is 3.85. The van der Waals surface area contributed by atoms with Crippen molar-refractivity contribution in [3.05, 3.63) is 79.1 Å². The molecule has 0 fully saturated rings. The monoisotopic (exact) mass is 328 g/mol. The van der Waals surface area contributed by atoms with Crippen molar-refractivity contribution >= 4 is 28.0 Å². The van der Waals surface area contributed by atoms with Gasteiger partial charge in [0.1, 0.15) is 17.8 Å². The number of ether oxygens (including phenoxy) is 1. The molecule has 1 heterocycles. The molecule has 0 bridgehead atoms. The molecule has 4 aromatic rings. The van der Waals surface area contributed by atoms with Gasteiger partial charge in [-0.2, -0.15) is 4.98 Å². The van der Waals surface area contributed by atoms with E-state index >= 15 is 0 Å². The minimum Gasteiger partial charge on any atom is -0.437 e. The van der Waals surface area contributed by atoms with Crippen LogP contribution in [0.25, 0.3) is 10.8 Å². The van der Waals surface area contributed by atoms with Crippen LogP contribution in [0.1, 0.15) is 0 Å². The number of nitrogen functional groups attached to an aromatic ring is 1. The van der Waals surface area contributed by atoms with Crippen LogP contribution in [-0.2, 0) is 0 Å². The zero-order valence-corrected chi connectivity index (χ0v) is 13.4. The molecule has 4 rings (SSSR count). The van der Waals surface area contributed by atoms with Gasteiger partial charge in [0.05, 0.1) is 0 Å². The molecule has 25 heavy (non-hydrogen) atoms. The Hall–Kier alpha value is -3.60. The van der Waals surface area contributed by atoms with Gasteiger partial charge in [0.2, 0.25) is 5.88 Å². The first-order chi connectivity index (χ1) is 12.3. The topological polar surface area (TPSA) is 73.1 Å². The minimum absolute atomic E-state index is 0.323. The Balaban J connectivity index is 1.68. The SMILES string of the molecule is Nc1c(Nc2cccc3ccccc23)ncnc1Oc1ccccc1. The van der Waals surface area contributed by atoms with Crippen molar-refractivity contribution in [2.75, 3.05) is 11.1 Å². The summed E-state index contributed by atoms with van der Waals surface area (Å²) < 4.78 is 5.76. The maximum Gasteiger partial charge on any atom is 0.248 e. The number of nitrogens with one attached hydrogen (secondary N) is 1. The van der Waals surface area contributed by atoms with Crippen LogP contribution in [0, 0.1) is 0 Å². The normalized spacial score (nSPS) is 10.6. The predicted octanol–water partition coefficient (Wildman–Crippen LogP) is 4.75. The Kier molecular flexibility index (Phi) is 3.88. The number of benzene rings is 3. The number of nitrogens with two attached hydrogens (primary N) is 1. The quantitative estimate of drug-likeness (QED) is 0.565. The highest BCUT2D eigenvalue weighted by Gasteiger charge is 2.11. The van der Waals surface area contributed by atoms with E-state index in [1.165, 1.54) is 6.33 Å². The summed E-state index contributed by atoms with van der Waals surface area (Å²) in [4.78, 5) is 8.40. The van der Waals surface area contributed by atoms with E-state index in [4.69, 9.17) is 10.5 Å². The molecule has 1 aromatic heterocycles. The summed E-state index contributed by atoms with van der Waals surface area (Å²) in [5.74, 6) is 1.50. The van der Waals surface area contributed by atoms with E-state index in [9.17, 15) is 0 Å². The van der Waals surface area contributed by atoms with E-state index in [2.05, 4.69) is 33.5 Å². The Morgan fingerprint density at radius 3 is 2.44 bits per heavy atom. The van der Waals surface area contributed by atoms with Crippen LogP contribution in [-0.4, -0.2) is 9.97 Å². The van der Waals surface area contributed by atoms with Crippen molar-refractivity contribution in [3.63, 3.8) is 0 Å². The third kappa shape index (κ3) is 3.07. The maximum absolute atomic E-state index is 6.21. The van der Waals surface area contributed by atoms with Crippen LogP contribution in [0.15, 0.2) is 79.1 Å². The van der Waals surface area contributed by atoms with Gasteiger partial charge in [-0.15, -0.1) is 0 Å². The highest BCUT2D eigenvalue weighted by molar-refractivity contribution is 5.96. The molecule has 0 saturated heterocycles. The molecule has 0 unspecified atom stereocenters. The second-order valence-corrected chi connectivity index (χ2v) is 5.51. The third-order valence-corrected chi connectivity index (χ3v) is 3.85. The Morgan fingerprint density at radius 2 is 1.56 bits per heavy atom. The summed E-state index contributed by atoms with van der Waals surface area (Å²) in [6, 6.07) is 23.6. The van der Waals surface area contributed by atoms with Crippen molar-refractivity contribution in [2.45, 2.75) is 0 Å². The van der Waals surface area contributed by atoms with Crippen LogP contribution in [0.4, 0.5) is 17.2 Å². The van der Waals surface area contributed by atoms with Crippen LogP contribution in [0.2, 0.25) is 0 Å². The minimum atomic E-state index is 0.323. The van der Waals surface area contributed by atoms with E-state index in [0.717, 1.165) is 16.5 Å². The zero-order valence-electron chi connectivity index (χ0n) is 13.4. The summed E-state index contributed by atoms with van der Waals surface area (Å²) >= 11 is 0. The molecule has 0 atom stereocenters. The molecule has 3 aromatic carbocycles. The number of fused-ring (bicyclic) bond motifs is 1. The molecular formula is C20H16N4O. The Labute approximate surface area is 145 Å². The van der Waals surface area contributed by atoms with Gasteiger partial charge in [0.15, 0.2) is 5.82 Å². The van der Waals surface area contributed by atoms with Gasteiger partial charge in [-0.25, -0.2) is 4.98 Å². The summed E-state index contributed by atoms with van der Waals surface area (Å²) in [6.07, 6.45) is 1.43. The number of hydrogen-bond donors (Lipinski definition) is 2. The van der Waals surface area contributed by atoms with Gasteiger partial charge in [-0.1, -0.05) is 54.6 Å². The molecule has 5 nitrogen and oxygen atoms in total. The van der Waals surface area contributed by atoms with Gasteiger partial charge in [-0.3, -0.25) is 0 Å². The number of aromatic nitrogens is 2. The number of hydrogen-bond acceptors (Lipinski definition) is 5. The van der Waals surface area contributed by atoms with Crippen molar-refractivity contribution in [3.8, 4) is 11.6 Å². The van der Waals surface area contributed by atoms with Crippen LogP contribution in [0.3, 0.4) is 0 Å². The summed E-state index contributed by atoms with van der Waals surface area (Å²) in [5.41, 5.74) is 7.50. The van der Waals surface area contributed by atoms with Gasteiger partial charge in [-0.05, 0) is 23.6 Å². The number of rotatable bonds is 4. The lowest BCUT2D eigenvalue weighted by Gasteiger charge is -2.13. The fourth-order valence-corrected chi connectivity index (χ4v) is 2.62. The smallest absolute Gasteiger partial charge is 0.248 e. The van der Waals surface area contributed by atoms with Crippen LogP contribution in [0.5, 0.6) is 11.6 Å². The molecular weight excluding hydrogens is 312 g/mol.